The molecule has 0 fully saturated rings. The van der Waals surface area contributed by atoms with Gasteiger partial charge in [-0.1, -0.05) is 0 Å². The van der Waals surface area contributed by atoms with Gasteiger partial charge in [0.25, 0.3) is 0 Å². The summed E-state index contributed by atoms with van der Waals surface area (Å²) in [6.45, 7) is 0. The van der Waals surface area contributed by atoms with E-state index in [0.717, 1.165) is 0 Å². The first-order chi connectivity index (χ1) is 2.00. The first-order valence-electron chi connectivity index (χ1n) is 0.605. The van der Waals surface area contributed by atoms with Crippen molar-refractivity contribution in [3.8, 4) is 0 Å². The zero-order valence-electron chi connectivity index (χ0n) is 3.06. The molecule has 6 N–H and O–H groups in total. The van der Waals surface area contributed by atoms with Crippen molar-refractivity contribution in [1.82, 2.24) is 0 Å². The molecule has 0 aromatic rings. The Morgan fingerprint density at radius 2 is 1.00 bits per heavy atom. The SMILES string of the molecule is O.O.[KH].[O]=[Os](=[O])([OH])[OH]. The van der Waals surface area contributed by atoms with E-state index in [2.05, 4.69) is 0 Å². The molecule has 0 amide bonds. The van der Waals surface area contributed by atoms with E-state index >= 15 is 0 Å². The molecular formula is H7KO6Os. The van der Waals surface area contributed by atoms with E-state index in [1.165, 1.54) is 0 Å². The van der Waals surface area contributed by atoms with Crippen LogP contribution in [-0.2, 0) is 22.7 Å². The Labute approximate surface area is 91.2 Å². The summed E-state index contributed by atoms with van der Waals surface area (Å²) in [7, 11) is 0. The van der Waals surface area contributed by atoms with Gasteiger partial charge in [0.2, 0.25) is 0 Å². The van der Waals surface area contributed by atoms with Crippen LogP contribution in [0.5, 0.6) is 0 Å². The fraction of sp³-hybridized carbons (Fsp3) is 0. The van der Waals surface area contributed by atoms with Crippen LogP contribution >= 0.6 is 0 Å². The van der Waals surface area contributed by atoms with Gasteiger partial charge in [0.15, 0.2) is 0 Å². The van der Waals surface area contributed by atoms with Crippen LogP contribution in [0.25, 0.3) is 0 Å². The minimum atomic E-state index is -5.56. The standard InChI is InChI=1S/K.4H2O.2O.Os.H/h;4*1H2;;;;/q;;;;;;;+2;/p-2. The van der Waals surface area contributed by atoms with Gasteiger partial charge in [0.05, 0.1) is 0 Å². The molecule has 0 saturated heterocycles. The fourth-order valence-electron chi connectivity index (χ4n) is 0. The molecule has 52 valence electrons. The van der Waals surface area contributed by atoms with Crippen LogP contribution in [0, 0.1) is 0 Å². The maximum absolute atomic E-state index is 8.85. The van der Waals surface area contributed by atoms with Crippen LogP contribution < -0.4 is 0 Å². The zero-order chi connectivity index (χ0) is 4.50. The molecule has 8 heavy (non-hydrogen) atoms. The predicted octanol–water partition coefficient (Wildman–Crippen LogP) is -3.65. The summed E-state index contributed by atoms with van der Waals surface area (Å²) in [5.74, 6) is 0. The third-order valence-electron chi connectivity index (χ3n) is 0. The molecule has 0 atom stereocenters. The second-order valence-electron chi connectivity index (χ2n) is 0.388. The minimum absolute atomic E-state index is 0. The molecule has 0 rings (SSSR count). The average Bonchev–Trinajstić information content (AvgIpc) is 0.722. The first-order valence-corrected chi connectivity index (χ1v) is 4.95. The second kappa shape index (κ2) is 8.71. The molecule has 0 aromatic carbocycles. The summed E-state index contributed by atoms with van der Waals surface area (Å²) < 4.78 is 32.0. The summed E-state index contributed by atoms with van der Waals surface area (Å²) >= 11 is -5.56. The van der Waals surface area contributed by atoms with Crippen molar-refractivity contribution >= 4 is 51.4 Å². The average molecular weight is 332 g/mol. The molecule has 8 heteroatoms. The molecule has 0 aliphatic heterocycles. The van der Waals surface area contributed by atoms with E-state index in [9.17, 15) is 0 Å². The zero-order valence-corrected chi connectivity index (χ0v) is 5.60. The summed E-state index contributed by atoms with van der Waals surface area (Å²) in [5.41, 5.74) is 0. The Morgan fingerprint density at radius 3 is 1.00 bits per heavy atom. The first kappa shape index (κ1) is 22.6. The summed E-state index contributed by atoms with van der Waals surface area (Å²) in [6, 6.07) is 0. The van der Waals surface area contributed by atoms with Crippen LogP contribution in [-0.4, -0.2) is 70.1 Å². The Balaban J connectivity index is -0.0000000267. The van der Waals surface area contributed by atoms with Gasteiger partial charge in [-0.2, -0.15) is 0 Å². The number of rotatable bonds is 0. The summed E-state index contributed by atoms with van der Waals surface area (Å²) in [5, 5.41) is 0. The van der Waals surface area contributed by atoms with E-state index < -0.39 is 15.7 Å². The van der Waals surface area contributed by atoms with Crippen LogP contribution in [0.15, 0.2) is 0 Å². The van der Waals surface area contributed by atoms with E-state index in [4.69, 9.17) is 14.9 Å². The van der Waals surface area contributed by atoms with Crippen molar-refractivity contribution in [2.24, 2.45) is 0 Å². The number of hydrogen-bond acceptors (Lipinski definition) is 2. The van der Waals surface area contributed by atoms with Gasteiger partial charge in [0, 0.05) is 0 Å². The maximum atomic E-state index is 8.85. The Kier molecular flexibility index (Phi) is 24.6. The van der Waals surface area contributed by atoms with Crippen LogP contribution in [0.2, 0.25) is 0 Å². The third kappa shape index (κ3) is 118. The Morgan fingerprint density at radius 1 is 1.00 bits per heavy atom. The summed E-state index contributed by atoms with van der Waals surface area (Å²) in [4.78, 5) is 0. The van der Waals surface area contributed by atoms with Gasteiger partial charge in [-0.15, -0.1) is 0 Å². The Hall–Kier alpha value is 1.71. The molecule has 6 nitrogen and oxygen atoms in total. The van der Waals surface area contributed by atoms with Gasteiger partial charge in [-0.3, -0.25) is 0 Å². The van der Waals surface area contributed by atoms with Crippen molar-refractivity contribution < 1.29 is 41.5 Å². The predicted molar refractivity (Wildman–Crippen MR) is 20.2 cm³/mol. The monoisotopic (exact) mass is 334 g/mol. The van der Waals surface area contributed by atoms with Crippen molar-refractivity contribution in [2.75, 3.05) is 0 Å². The molecule has 0 bridgehead atoms. The molecular weight excluding hydrogens is 325 g/mol. The molecule has 0 aromatic heterocycles. The molecule has 0 aliphatic rings. The topological polar surface area (TPSA) is 138 Å². The normalized spacial score (nSPS) is 9.25. The second-order valence-corrected chi connectivity index (χ2v) is 3.17. The van der Waals surface area contributed by atoms with Crippen molar-refractivity contribution in [3.05, 3.63) is 0 Å². The van der Waals surface area contributed by atoms with Gasteiger partial charge in [-0.25, -0.2) is 0 Å². The van der Waals surface area contributed by atoms with Crippen molar-refractivity contribution in [1.29, 1.82) is 0 Å². The van der Waals surface area contributed by atoms with Crippen LogP contribution in [0.1, 0.15) is 0 Å². The summed E-state index contributed by atoms with van der Waals surface area (Å²) in [6.07, 6.45) is 0. The van der Waals surface area contributed by atoms with Gasteiger partial charge in [0.1, 0.15) is 0 Å². The molecule has 0 radical (unpaired) electrons. The van der Waals surface area contributed by atoms with E-state index in [0.29, 0.717) is 0 Å². The van der Waals surface area contributed by atoms with Crippen LogP contribution in [0.4, 0.5) is 0 Å². The molecule has 0 spiro atoms. The van der Waals surface area contributed by atoms with Crippen molar-refractivity contribution in [2.45, 2.75) is 0 Å². The number of hydrogen-bond donors (Lipinski definition) is 2. The molecule has 0 heterocycles. The Bertz CT molecular complexity index is 91.7. The van der Waals surface area contributed by atoms with E-state index in [1.54, 1.807) is 0 Å². The van der Waals surface area contributed by atoms with Gasteiger partial charge in [-0.05, 0) is 0 Å². The third-order valence-corrected chi connectivity index (χ3v) is 0. The molecule has 0 aliphatic carbocycles. The van der Waals surface area contributed by atoms with Gasteiger partial charge < -0.3 is 11.0 Å². The molecule has 0 saturated carbocycles. The molecule has 0 unspecified atom stereocenters. The van der Waals surface area contributed by atoms with E-state index in [1.807, 2.05) is 0 Å². The van der Waals surface area contributed by atoms with Gasteiger partial charge >= 0.3 is 81.9 Å². The fourth-order valence-corrected chi connectivity index (χ4v) is 0. The van der Waals surface area contributed by atoms with E-state index in [-0.39, 0.29) is 62.3 Å². The van der Waals surface area contributed by atoms with Crippen molar-refractivity contribution in [3.63, 3.8) is 0 Å². The quantitative estimate of drug-likeness (QED) is 0.442. The van der Waals surface area contributed by atoms with Crippen LogP contribution in [0.3, 0.4) is 0 Å².